The molecule has 90 valence electrons. The quantitative estimate of drug-likeness (QED) is 0.647. The minimum absolute atomic E-state index is 0.172. The highest BCUT2D eigenvalue weighted by Crippen LogP contribution is 2.41. The molecule has 2 aromatic carbocycles. The van der Waals surface area contributed by atoms with Crippen molar-refractivity contribution in [2.24, 2.45) is 0 Å². The molecule has 2 aromatic rings. The lowest BCUT2D eigenvalue weighted by atomic mass is 10.0. The second kappa shape index (κ2) is 3.94. The Labute approximate surface area is 106 Å². The van der Waals surface area contributed by atoms with E-state index in [-0.39, 0.29) is 6.29 Å². The molecule has 18 heavy (non-hydrogen) atoms. The van der Waals surface area contributed by atoms with Crippen LogP contribution in [0.4, 0.5) is 0 Å². The second-order valence-electron chi connectivity index (χ2n) is 4.78. The molecule has 1 saturated heterocycles. The standard InChI is InChI=1S/C16H14O2/c1-2-5-12-11(4-1)10-15-13(12)6-3-7-14(15)16-17-8-9-18-16/h1-7,16H,8-10H2. The van der Waals surface area contributed by atoms with Gasteiger partial charge in [0.1, 0.15) is 0 Å². The first kappa shape index (κ1) is 10.3. The average molecular weight is 238 g/mol. The van der Waals surface area contributed by atoms with Gasteiger partial charge in [0.25, 0.3) is 0 Å². The first-order valence-electron chi connectivity index (χ1n) is 6.37. The van der Waals surface area contributed by atoms with Crippen molar-refractivity contribution < 1.29 is 9.47 Å². The maximum atomic E-state index is 5.64. The van der Waals surface area contributed by atoms with Crippen LogP contribution >= 0.6 is 0 Å². The van der Waals surface area contributed by atoms with E-state index in [0.717, 1.165) is 6.42 Å². The zero-order chi connectivity index (χ0) is 11.9. The van der Waals surface area contributed by atoms with Crippen LogP contribution in [0.1, 0.15) is 23.0 Å². The minimum atomic E-state index is -0.172. The fourth-order valence-corrected chi connectivity index (χ4v) is 2.94. The van der Waals surface area contributed by atoms with Crippen LogP contribution in [0.25, 0.3) is 11.1 Å². The minimum Gasteiger partial charge on any atom is -0.346 e. The number of hydrogen-bond donors (Lipinski definition) is 0. The highest BCUT2D eigenvalue weighted by atomic mass is 16.7. The molecule has 0 saturated carbocycles. The first-order chi connectivity index (χ1) is 8.93. The lowest BCUT2D eigenvalue weighted by molar-refractivity contribution is -0.0445. The van der Waals surface area contributed by atoms with E-state index < -0.39 is 0 Å². The first-order valence-corrected chi connectivity index (χ1v) is 6.37. The zero-order valence-electron chi connectivity index (χ0n) is 10.1. The number of fused-ring (bicyclic) bond motifs is 3. The molecule has 4 rings (SSSR count). The van der Waals surface area contributed by atoms with Crippen LogP contribution in [0, 0.1) is 0 Å². The fraction of sp³-hybridized carbons (Fsp3) is 0.250. The molecule has 0 aromatic heterocycles. The Kier molecular flexibility index (Phi) is 2.25. The molecular weight excluding hydrogens is 224 g/mol. The maximum absolute atomic E-state index is 5.64. The van der Waals surface area contributed by atoms with Crippen molar-refractivity contribution in [3.63, 3.8) is 0 Å². The van der Waals surface area contributed by atoms with E-state index in [1.165, 1.54) is 27.8 Å². The van der Waals surface area contributed by atoms with Gasteiger partial charge in [-0.05, 0) is 28.7 Å². The van der Waals surface area contributed by atoms with Crippen LogP contribution in [0.15, 0.2) is 42.5 Å². The third-order valence-electron chi connectivity index (χ3n) is 3.76. The summed E-state index contributed by atoms with van der Waals surface area (Å²) in [5.74, 6) is 0. The van der Waals surface area contributed by atoms with Crippen LogP contribution in [-0.2, 0) is 15.9 Å². The summed E-state index contributed by atoms with van der Waals surface area (Å²) >= 11 is 0. The largest absolute Gasteiger partial charge is 0.346 e. The lowest BCUT2D eigenvalue weighted by Crippen LogP contribution is -2.02. The van der Waals surface area contributed by atoms with Crippen molar-refractivity contribution in [3.8, 4) is 11.1 Å². The van der Waals surface area contributed by atoms with E-state index in [9.17, 15) is 0 Å². The molecule has 0 bridgehead atoms. The van der Waals surface area contributed by atoms with Crippen LogP contribution in [0.2, 0.25) is 0 Å². The number of benzene rings is 2. The monoisotopic (exact) mass is 238 g/mol. The highest BCUT2D eigenvalue weighted by molar-refractivity contribution is 5.77. The number of rotatable bonds is 1. The molecule has 2 aliphatic rings. The van der Waals surface area contributed by atoms with Gasteiger partial charge in [-0.1, -0.05) is 42.5 Å². The van der Waals surface area contributed by atoms with Crippen molar-refractivity contribution in [2.45, 2.75) is 12.7 Å². The normalized spacial score (nSPS) is 17.8. The molecule has 2 heteroatoms. The molecule has 1 heterocycles. The Morgan fingerprint density at radius 3 is 2.50 bits per heavy atom. The topological polar surface area (TPSA) is 18.5 Å². The molecular formula is C16H14O2. The molecule has 1 fully saturated rings. The molecule has 1 aliphatic heterocycles. The van der Waals surface area contributed by atoms with Crippen molar-refractivity contribution >= 4 is 0 Å². The zero-order valence-corrected chi connectivity index (χ0v) is 10.1. The lowest BCUT2D eigenvalue weighted by Gasteiger charge is -2.13. The molecule has 0 radical (unpaired) electrons. The summed E-state index contributed by atoms with van der Waals surface area (Å²) in [5.41, 5.74) is 6.65. The van der Waals surface area contributed by atoms with Gasteiger partial charge in [-0.2, -0.15) is 0 Å². The van der Waals surface area contributed by atoms with Crippen molar-refractivity contribution in [2.75, 3.05) is 13.2 Å². The molecule has 0 spiro atoms. The summed E-state index contributed by atoms with van der Waals surface area (Å²) in [4.78, 5) is 0. The summed E-state index contributed by atoms with van der Waals surface area (Å²) in [6.07, 6.45) is 0.819. The predicted molar refractivity (Wildman–Crippen MR) is 69.3 cm³/mol. The summed E-state index contributed by atoms with van der Waals surface area (Å²) in [5, 5.41) is 0. The SMILES string of the molecule is c1ccc2c(c1)Cc1c-2cccc1C1OCCO1. The van der Waals surface area contributed by atoms with Gasteiger partial charge in [0.2, 0.25) is 0 Å². The fourth-order valence-electron chi connectivity index (χ4n) is 2.94. The molecule has 0 unspecified atom stereocenters. The van der Waals surface area contributed by atoms with Gasteiger partial charge in [-0.3, -0.25) is 0 Å². The summed E-state index contributed by atoms with van der Waals surface area (Å²) < 4.78 is 11.3. The van der Waals surface area contributed by atoms with Crippen molar-refractivity contribution in [1.29, 1.82) is 0 Å². The van der Waals surface area contributed by atoms with Gasteiger partial charge in [0.15, 0.2) is 6.29 Å². The van der Waals surface area contributed by atoms with Gasteiger partial charge in [-0.25, -0.2) is 0 Å². The second-order valence-corrected chi connectivity index (χ2v) is 4.78. The van der Waals surface area contributed by atoms with E-state index in [1.54, 1.807) is 0 Å². The Bertz CT molecular complexity index is 598. The van der Waals surface area contributed by atoms with Crippen molar-refractivity contribution in [3.05, 3.63) is 59.2 Å². The van der Waals surface area contributed by atoms with E-state index in [1.807, 2.05) is 0 Å². The van der Waals surface area contributed by atoms with Crippen LogP contribution < -0.4 is 0 Å². The van der Waals surface area contributed by atoms with Crippen LogP contribution in [0.5, 0.6) is 0 Å². The Balaban J connectivity index is 1.86. The van der Waals surface area contributed by atoms with Gasteiger partial charge in [0.05, 0.1) is 13.2 Å². The Hall–Kier alpha value is -1.64. The Morgan fingerprint density at radius 1 is 0.833 bits per heavy atom. The smallest absolute Gasteiger partial charge is 0.184 e. The average Bonchev–Trinajstić information content (AvgIpc) is 3.05. The van der Waals surface area contributed by atoms with Gasteiger partial charge in [0, 0.05) is 5.56 Å². The number of hydrogen-bond acceptors (Lipinski definition) is 2. The molecule has 2 nitrogen and oxygen atoms in total. The number of ether oxygens (including phenoxy) is 2. The molecule has 0 N–H and O–H groups in total. The van der Waals surface area contributed by atoms with E-state index >= 15 is 0 Å². The third kappa shape index (κ3) is 1.43. The van der Waals surface area contributed by atoms with Crippen LogP contribution in [-0.4, -0.2) is 13.2 Å². The van der Waals surface area contributed by atoms with Gasteiger partial charge < -0.3 is 9.47 Å². The van der Waals surface area contributed by atoms with E-state index in [2.05, 4.69) is 42.5 Å². The van der Waals surface area contributed by atoms with E-state index in [4.69, 9.17) is 9.47 Å². The van der Waals surface area contributed by atoms with Crippen LogP contribution in [0.3, 0.4) is 0 Å². The predicted octanol–water partition coefficient (Wildman–Crippen LogP) is 3.30. The molecule has 1 aliphatic carbocycles. The van der Waals surface area contributed by atoms with Gasteiger partial charge in [-0.15, -0.1) is 0 Å². The highest BCUT2D eigenvalue weighted by Gasteiger charge is 2.26. The third-order valence-corrected chi connectivity index (χ3v) is 3.76. The van der Waals surface area contributed by atoms with Crippen molar-refractivity contribution in [1.82, 2.24) is 0 Å². The van der Waals surface area contributed by atoms with E-state index in [0.29, 0.717) is 13.2 Å². The summed E-state index contributed by atoms with van der Waals surface area (Å²) in [6.45, 7) is 1.39. The molecule has 0 atom stereocenters. The van der Waals surface area contributed by atoms with Gasteiger partial charge >= 0.3 is 0 Å². The Morgan fingerprint density at radius 2 is 1.61 bits per heavy atom. The molecule has 0 amide bonds. The summed E-state index contributed by atoms with van der Waals surface area (Å²) in [6, 6.07) is 15.0. The summed E-state index contributed by atoms with van der Waals surface area (Å²) in [7, 11) is 0. The maximum Gasteiger partial charge on any atom is 0.184 e.